The van der Waals surface area contributed by atoms with Crippen LogP contribution in [0.5, 0.6) is 0 Å². The molecule has 0 bridgehead atoms. The van der Waals surface area contributed by atoms with Crippen LogP contribution >= 0.6 is 11.3 Å². The van der Waals surface area contributed by atoms with Crippen molar-refractivity contribution in [2.45, 2.75) is 13.0 Å². The zero-order valence-electron chi connectivity index (χ0n) is 16.7. The minimum Gasteiger partial charge on any atom is -0.354 e. The molecule has 1 saturated heterocycles. The lowest BCUT2D eigenvalue weighted by Gasteiger charge is -2.34. The molecule has 3 heterocycles. The second-order valence-electron chi connectivity index (χ2n) is 6.85. The molecular weight excluding hydrogens is 426 g/mol. The first-order valence-corrected chi connectivity index (χ1v) is 12.1. The Kier molecular flexibility index (Phi) is 7.40. The van der Waals surface area contributed by atoms with Crippen LogP contribution in [0.1, 0.15) is 16.6 Å². The highest BCUT2D eigenvalue weighted by Crippen LogP contribution is 2.14. The maximum atomic E-state index is 12.6. The van der Waals surface area contributed by atoms with E-state index in [1.807, 2.05) is 23.1 Å². The smallest absolute Gasteiger partial charge is 0.261 e. The number of anilines is 1. The van der Waals surface area contributed by atoms with Gasteiger partial charge in [-0.1, -0.05) is 12.1 Å². The van der Waals surface area contributed by atoms with Crippen molar-refractivity contribution >= 4 is 39.0 Å². The Morgan fingerprint density at radius 3 is 2.57 bits per heavy atom. The minimum atomic E-state index is -3.48. The van der Waals surface area contributed by atoms with Gasteiger partial charge in [0.2, 0.25) is 15.9 Å². The molecule has 0 aromatic carbocycles. The molecule has 1 fully saturated rings. The molecule has 0 aliphatic carbocycles. The number of nitrogens with one attached hydrogen (secondary N) is 2. The van der Waals surface area contributed by atoms with Crippen LogP contribution in [0.3, 0.4) is 0 Å². The average Bonchev–Trinajstić information content (AvgIpc) is 3.29. The summed E-state index contributed by atoms with van der Waals surface area (Å²) in [5.74, 6) is -0.102. The molecule has 11 heteroatoms. The van der Waals surface area contributed by atoms with Crippen molar-refractivity contribution in [3.63, 3.8) is 0 Å². The molecule has 2 aromatic rings. The van der Waals surface area contributed by atoms with Gasteiger partial charge in [0, 0.05) is 38.9 Å². The first kappa shape index (κ1) is 22.2. The number of pyridine rings is 1. The topological polar surface area (TPSA) is 112 Å². The molecule has 2 N–H and O–H groups in total. The minimum absolute atomic E-state index is 0.0131. The number of nitrogens with zero attached hydrogens (tertiary/aromatic N) is 3. The molecule has 2 amide bonds. The molecule has 0 spiro atoms. The fourth-order valence-corrected chi connectivity index (χ4v) is 5.03. The molecular formula is C19H25N5O4S2. The summed E-state index contributed by atoms with van der Waals surface area (Å²) in [6.45, 7) is 3.43. The van der Waals surface area contributed by atoms with Crippen LogP contribution in [0.15, 0.2) is 41.9 Å². The molecule has 9 nitrogen and oxygen atoms in total. The van der Waals surface area contributed by atoms with Crippen molar-refractivity contribution in [2.75, 3.05) is 43.4 Å². The predicted octanol–water partition coefficient (Wildman–Crippen LogP) is 0.530. The van der Waals surface area contributed by atoms with Gasteiger partial charge in [0.05, 0.1) is 10.6 Å². The number of carbonyl (C=O) groups is 2. The highest BCUT2D eigenvalue weighted by atomic mass is 32.2. The lowest BCUT2D eigenvalue weighted by molar-refractivity contribution is -0.122. The molecule has 162 valence electrons. The van der Waals surface area contributed by atoms with Crippen molar-refractivity contribution in [3.05, 3.63) is 46.8 Å². The summed E-state index contributed by atoms with van der Waals surface area (Å²) in [5.41, 5.74) is 0. The number of aromatic nitrogens is 1. The van der Waals surface area contributed by atoms with Crippen molar-refractivity contribution in [1.29, 1.82) is 0 Å². The van der Waals surface area contributed by atoms with Gasteiger partial charge in [0.15, 0.2) is 0 Å². The van der Waals surface area contributed by atoms with Crippen LogP contribution in [0.25, 0.3) is 0 Å². The van der Waals surface area contributed by atoms with Crippen LogP contribution < -0.4 is 15.5 Å². The summed E-state index contributed by atoms with van der Waals surface area (Å²) in [5, 5.41) is 6.97. The number of piperazine rings is 1. The molecule has 0 saturated carbocycles. The van der Waals surface area contributed by atoms with Crippen molar-refractivity contribution in [3.8, 4) is 0 Å². The molecule has 1 unspecified atom stereocenters. The molecule has 2 aromatic heterocycles. The SMILES string of the molecule is CC(NC(=O)c1cccs1)C(=O)NCCS(=O)(=O)N1CCN(c2ccccn2)CC1. The average molecular weight is 452 g/mol. The van der Waals surface area contributed by atoms with Gasteiger partial charge >= 0.3 is 0 Å². The van der Waals surface area contributed by atoms with Crippen LogP contribution in [0.2, 0.25) is 0 Å². The third-order valence-corrected chi connectivity index (χ3v) is 7.49. The number of hydrogen-bond donors (Lipinski definition) is 2. The number of thiophene rings is 1. The number of hydrogen-bond acceptors (Lipinski definition) is 7. The Bertz CT molecular complexity index is 943. The Labute approximate surface area is 180 Å². The molecule has 0 radical (unpaired) electrons. The van der Waals surface area contributed by atoms with Gasteiger partial charge in [0.1, 0.15) is 11.9 Å². The van der Waals surface area contributed by atoms with Crippen LogP contribution in [-0.4, -0.2) is 74.0 Å². The zero-order chi connectivity index (χ0) is 21.6. The largest absolute Gasteiger partial charge is 0.354 e. The molecule has 1 aliphatic heterocycles. The molecule has 30 heavy (non-hydrogen) atoms. The standard InChI is InChI=1S/C19H25N5O4S2/c1-15(22-19(26)16-5-4-13-29-16)18(25)21-8-14-30(27,28)24-11-9-23(10-12-24)17-6-2-3-7-20-17/h2-7,13,15H,8-12,14H2,1H3,(H,21,25)(H,22,26). The van der Waals surface area contributed by atoms with Crippen molar-refractivity contribution in [2.24, 2.45) is 0 Å². The van der Waals surface area contributed by atoms with Gasteiger partial charge in [-0.3, -0.25) is 9.59 Å². The van der Waals surface area contributed by atoms with Crippen LogP contribution in [-0.2, 0) is 14.8 Å². The van der Waals surface area contributed by atoms with E-state index in [2.05, 4.69) is 15.6 Å². The van der Waals surface area contributed by atoms with Gasteiger partial charge in [-0.15, -0.1) is 11.3 Å². The van der Waals surface area contributed by atoms with Gasteiger partial charge in [-0.25, -0.2) is 13.4 Å². The van der Waals surface area contributed by atoms with Gasteiger partial charge in [-0.2, -0.15) is 4.31 Å². The van der Waals surface area contributed by atoms with E-state index in [0.717, 1.165) is 5.82 Å². The van der Waals surface area contributed by atoms with Crippen LogP contribution in [0.4, 0.5) is 5.82 Å². The Hall–Kier alpha value is -2.50. The van der Waals surface area contributed by atoms with E-state index in [1.54, 1.807) is 30.6 Å². The molecule has 1 atom stereocenters. The van der Waals surface area contributed by atoms with E-state index in [9.17, 15) is 18.0 Å². The maximum absolute atomic E-state index is 12.6. The quantitative estimate of drug-likeness (QED) is 0.606. The first-order valence-electron chi connectivity index (χ1n) is 9.63. The normalized spacial score (nSPS) is 16.1. The number of amides is 2. The second-order valence-corrected chi connectivity index (χ2v) is 9.89. The summed E-state index contributed by atoms with van der Waals surface area (Å²) in [6, 6.07) is 8.31. The summed E-state index contributed by atoms with van der Waals surface area (Å²) >= 11 is 1.28. The second kappa shape index (κ2) is 10.0. The summed E-state index contributed by atoms with van der Waals surface area (Å²) in [7, 11) is -3.48. The Balaban J connectivity index is 1.41. The third-order valence-electron chi connectivity index (χ3n) is 4.75. The van der Waals surface area contributed by atoms with Gasteiger partial charge < -0.3 is 15.5 Å². The number of carbonyl (C=O) groups excluding carboxylic acids is 2. The summed E-state index contributed by atoms with van der Waals surface area (Å²) < 4.78 is 26.6. The Morgan fingerprint density at radius 2 is 1.93 bits per heavy atom. The third kappa shape index (κ3) is 5.77. The lowest BCUT2D eigenvalue weighted by Crippen LogP contribution is -2.51. The maximum Gasteiger partial charge on any atom is 0.261 e. The van der Waals surface area contributed by atoms with Gasteiger partial charge in [0.25, 0.3) is 5.91 Å². The fraction of sp³-hybridized carbons (Fsp3) is 0.421. The molecule has 3 rings (SSSR count). The monoisotopic (exact) mass is 451 g/mol. The van der Waals surface area contributed by atoms with E-state index in [4.69, 9.17) is 0 Å². The van der Waals surface area contributed by atoms with Crippen molar-refractivity contribution in [1.82, 2.24) is 19.9 Å². The highest BCUT2D eigenvalue weighted by Gasteiger charge is 2.27. The highest BCUT2D eigenvalue weighted by molar-refractivity contribution is 7.89. The van der Waals surface area contributed by atoms with E-state index >= 15 is 0 Å². The zero-order valence-corrected chi connectivity index (χ0v) is 18.3. The predicted molar refractivity (Wildman–Crippen MR) is 116 cm³/mol. The Morgan fingerprint density at radius 1 is 1.17 bits per heavy atom. The van der Waals surface area contributed by atoms with Crippen LogP contribution in [0, 0.1) is 0 Å². The molecule has 1 aliphatic rings. The van der Waals surface area contributed by atoms with E-state index < -0.39 is 22.0 Å². The first-order chi connectivity index (χ1) is 14.4. The fourth-order valence-electron chi connectivity index (χ4n) is 3.06. The lowest BCUT2D eigenvalue weighted by atomic mass is 10.3. The van der Waals surface area contributed by atoms with E-state index in [1.165, 1.54) is 15.6 Å². The number of rotatable bonds is 8. The van der Waals surface area contributed by atoms with Gasteiger partial charge in [-0.05, 0) is 30.5 Å². The van der Waals surface area contributed by atoms with Crippen molar-refractivity contribution < 1.29 is 18.0 Å². The summed E-state index contributed by atoms with van der Waals surface area (Å²) in [4.78, 5) is 31.0. The number of sulfonamides is 1. The van der Waals surface area contributed by atoms with E-state index in [-0.39, 0.29) is 18.2 Å². The van der Waals surface area contributed by atoms with E-state index in [0.29, 0.717) is 31.1 Å². The summed E-state index contributed by atoms with van der Waals surface area (Å²) in [6.07, 6.45) is 1.71.